The van der Waals surface area contributed by atoms with Crippen LogP contribution in [0.5, 0.6) is 0 Å². The lowest BCUT2D eigenvalue weighted by atomic mass is 10.2. The Morgan fingerprint density at radius 3 is 1.89 bits per heavy atom. The molecule has 0 amide bonds. The highest BCUT2D eigenvalue weighted by atomic mass is 32.1. The largest absolute Gasteiger partial charge is 0.346 e. The third-order valence-corrected chi connectivity index (χ3v) is 0.965. The van der Waals surface area contributed by atoms with Gasteiger partial charge in [0.2, 0.25) is 0 Å². The lowest BCUT2D eigenvalue weighted by molar-refractivity contribution is -0.131. The predicted octanol–water partition coefficient (Wildman–Crippen LogP) is 2.01. The maximum Gasteiger partial charge on any atom is 0.168 e. The van der Waals surface area contributed by atoms with Gasteiger partial charge in [0.1, 0.15) is 0 Å². The molecule has 0 aliphatic carbocycles. The van der Waals surface area contributed by atoms with Crippen LogP contribution in [-0.2, 0) is 8.92 Å². The van der Waals surface area contributed by atoms with Crippen LogP contribution < -0.4 is 0 Å². The molecule has 2 nitrogen and oxygen atoms in total. The molecule has 0 spiro atoms. The molecule has 0 N–H and O–H groups in total. The fourth-order valence-corrected chi connectivity index (χ4v) is 0.562. The molecule has 0 saturated heterocycles. The van der Waals surface area contributed by atoms with Crippen LogP contribution in [0.2, 0.25) is 0 Å². The van der Waals surface area contributed by atoms with Gasteiger partial charge < -0.3 is 4.74 Å². The fourth-order valence-electron chi connectivity index (χ4n) is 0.519. The van der Waals surface area contributed by atoms with E-state index in [4.69, 9.17) is 4.74 Å². The summed E-state index contributed by atoms with van der Waals surface area (Å²) in [4.78, 5) is 0. The zero-order chi connectivity index (χ0) is 7.49. The minimum absolute atomic E-state index is 0.151. The second-order valence-electron chi connectivity index (χ2n) is 2.90. The van der Waals surface area contributed by atoms with Crippen molar-refractivity contribution in [2.24, 2.45) is 0 Å². The summed E-state index contributed by atoms with van der Waals surface area (Å²) in [6, 6.07) is 0. The van der Waals surface area contributed by atoms with Gasteiger partial charge in [-0.05, 0) is 40.6 Å². The molecule has 9 heavy (non-hydrogen) atoms. The van der Waals surface area contributed by atoms with E-state index in [1.807, 2.05) is 20.8 Å². The third kappa shape index (κ3) is 6.15. The van der Waals surface area contributed by atoms with Crippen LogP contribution in [0, 0.1) is 0 Å². The monoisotopic (exact) mass is 150 g/mol. The van der Waals surface area contributed by atoms with Gasteiger partial charge in [0.25, 0.3) is 0 Å². The van der Waals surface area contributed by atoms with Crippen molar-refractivity contribution >= 4 is 12.9 Å². The van der Waals surface area contributed by atoms with Crippen LogP contribution >= 0.6 is 12.9 Å². The van der Waals surface area contributed by atoms with E-state index in [1.165, 1.54) is 0 Å². The Kier molecular flexibility index (Phi) is 3.54. The van der Waals surface area contributed by atoms with E-state index < -0.39 is 0 Å². The van der Waals surface area contributed by atoms with Crippen molar-refractivity contribution in [1.82, 2.24) is 0 Å². The molecule has 0 fully saturated rings. The molecule has 1 unspecified atom stereocenters. The van der Waals surface area contributed by atoms with E-state index in [9.17, 15) is 0 Å². The lowest BCUT2D eigenvalue weighted by Crippen LogP contribution is -2.25. The number of thiol groups is 1. The van der Waals surface area contributed by atoms with Crippen LogP contribution in [0.3, 0.4) is 0 Å². The second-order valence-corrected chi connectivity index (χ2v) is 3.11. The number of hydrogen-bond donors (Lipinski definition) is 1. The van der Waals surface area contributed by atoms with Gasteiger partial charge in [0.15, 0.2) is 6.29 Å². The van der Waals surface area contributed by atoms with Gasteiger partial charge in [-0.1, -0.05) is 0 Å². The lowest BCUT2D eigenvalue weighted by Gasteiger charge is -2.22. The highest BCUT2D eigenvalue weighted by Crippen LogP contribution is 2.11. The maximum atomic E-state index is 5.29. The van der Waals surface area contributed by atoms with Gasteiger partial charge in [-0.2, -0.15) is 0 Å². The van der Waals surface area contributed by atoms with E-state index in [2.05, 4.69) is 17.1 Å². The van der Waals surface area contributed by atoms with E-state index in [1.54, 1.807) is 6.92 Å². The van der Waals surface area contributed by atoms with Gasteiger partial charge in [-0.25, -0.2) is 0 Å². The summed E-state index contributed by atoms with van der Waals surface area (Å²) in [5.74, 6) is 0. The first-order chi connectivity index (χ1) is 3.95. The molecule has 0 aliphatic heterocycles. The zero-order valence-electron chi connectivity index (χ0n) is 6.34. The molecule has 56 valence electrons. The Balaban J connectivity index is 3.47. The van der Waals surface area contributed by atoms with Crippen molar-refractivity contribution in [3.63, 3.8) is 0 Å². The average Bonchev–Trinajstić information content (AvgIpc) is 1.62. The summed E-state index contributed by atoms with van der Waals surface area (Å²) in [6.07, 6.45) is -0.242. The number of rotatable bonds is 2. The topological polar surface area (TPSA) is 18.5 Å². The summed E-state index contributed by atoms with van der Waals surface area (Å²) < 4.78 is 9.89. The summed E-state index contributed by atoms with van der Waals surface area (Å²) in [6.45, 7) is 7.71. The minimum Gasteiger partial charge on any atom is -0.346 e. The van der Waals surface area contributed by atoms with Crippen molar-refractivity contribution in [2.45, 2.75) is 39.6 Å². The van der Waals surface area contributed by atoms with Crippen molar-refractivity contribution in [1.29, 1.82) is 0 Å². The molecule has 0 rings (SSSR count). The Hall–Kier alpha value is 0.270. The quantitative estimate of drug-likeness (QED) is 0.369. The van der Waals surface area contributed by atoms with Crippen molar-refractivity contribution in [2.75, 3.05) is 0 Å². The number of hydrogen-bond acceptors (Lipinski definition) is 3. The molecule has 0 heterocycles. The fraction of sp³-hybridized carbons (Fsp3) is 1.00. The summed E-state index contributed by atoms with van der Waals surface area (Å²) >= 11 is 3.60. The van der Waals surface area contributed by atoms with Crippen molar-refractivity contribution in [3.05, 3.63) is 0 Å². The van der Waals surface area contributed by atoms with Crippen LogP contribution in [0.15, 0.2) is 0 Å². The highest BCUT2D eigenvalue weighted by molar-refractivity contribution is 7.75. The zero-order valence-corrected chi connectivity index (χ0v) is 7.24. The van der Waals surface area contributed by atoms with E-state index in [-0.39, 0.29) is 11.9 Å². The van der Waals surface area contributed by atoms with Crippen LogP contribution in [0.4, 0.5) is 0 Å². The predicted molar refractivity (Wildman–Crippen MR) is 40.4 cm³/mol. The van der Waals surface area contributed by atoms with Crippen LogP contribution in [-0.4, -0.2) is 11.9 Å². The van der Waals surface area contributed by atoms with E-state index in [0.29, 0.717) is 0 Å². The van der Waals surface area contributed by atoms with E-state index in [0.717, 1.165) is 0 Å². The highest BCUT2D eigenvalue weighted by Gasteiger charge is 2.14. The standard InChI is InChI=1S/C6H14O2S/c1-5(8-9)7-6(2,3)4/h5,9H,1-4H3. The molecule has 0 aromatic heterocycles. The average molecular weight is 150 g/mol. The van der Waals surface area contributed by atoms with E-state index >= 15 is 0 Å². The van der Waals surface area contributed by atoms with Gasteiger partial charge in [0.05, 0.1) is 5.60 Å². The van der Waals surface area contributed by atoms with Crippen molar-refractivity contribution < 1.29 is 8.92 Å². The third-order valence-electron chi connectivity index (χ3n) is 0.668. The van der Waals surface area contributed by atoms with Crippen LogP contribution in [0.25, 0.3) is 0 Å². The van der Waals surface area contributed by atoms with Gasteiger partial charge in [-0.15, -0.1) is 0 Å². The molecule has 0 aromatic rings. The summed E-state index contributed by atoms with van der Waals surface area (Å²) in [5.41, 5.74) is -0.151. The first kappa shape index (κ1) is 9.27. The first-order valence-corrected chi connectivity index (χ1v) is 3.30. The van der Waals surface area contributed by atoms with Gasteiger partial charge in [0, 0.05) is 0 Å². The molecular weight excluding hydrogens is 136 g/mol. The SMILES string of the molecule is CC(OS)OC(C)(C)C. The molecule has 3 heteroatoms. The molecule has 0 radical (unpaired) electrons. The smallest absolute Gasteiger partial charge is 0.168 e. The van der Waals surface area contributed by atoms with Crippen LogP contribution in [0.1, 0.15) is 27.7 Å². The Bertz CT molecular complexity index is 77.6. The summed E-state index contributed by atoms with van der Waals surface area (Å²) in [5, 5.41) is 0. The molecule has 1 atom stereocenters. The molecule has 0 bridgehead atoms. The first-order valence-electron chi connectivity index (χ1n) is 2.94. The Labute approximate surface area is 62.2 Å². The minimum atomic E-state index is -0.242. The number of ether oxygens (including phenoxy) is 1. The van der Waals surface area contributed by atoms with Gasteiger partial charge >= 0.3 is 0 Å². The van der Waals surface area contributed by atoms with Crippen molar-refractivity contribution in [3.8, 4) is 0 Å². The normalized spacial score (nSPS) is 15.7. The second kappa shape index (κ2) is 3.44. The summed E-state index contributed by atoms with van der Waals surface area (Å²) in [7, 11) is 0. The Morgan fingerprint density at radius 1 is 1.33 bits per heavy atom. The molecule has 0 aromatic carbocycles. The Morgan fingerprint density at radius 2 is 1.78 bits per heavy atom. The molecular formula is C6H14O2S. The van der Waals surface area contributed by atoms with Gasteiger partial charge in [-0.3, -0.25) is 4.18 Å². The molecule has 0 saturated carbocycles. The molecule has 0 aliphatic rings. The maximum absolute atomic E-state index is 5.29.